The standard InChI is InChI=1S/C36H35N3O3/c40-33(22-24-38(23-20-27-12-4-1-5-13-27)34(41)26-42-29-16-8-3-9-17-29)39-25-21-31-30-18-10-11-19-32(30)37-35(31)36(39)28-14-6-2-7-15-28/h1-19,36-37H,20-26H2. The molecule has 1 N–H and O–H groups in total. The molecule has 1 aliphatic heterocycles. The van der Waals surface area contributed by atoms with Gasteiger partial charge >= 0.3 is 0 Å². The summed E-state index contributed by atoms with van der Waals surface area (Å²) in [5, 5.41) is 1.22. The number of fused-ring (bicyclic) bond motifs is 3. The van der Waals surface area contributed by atoms with Gasteiger partial charge in [0.15, 0.2) is 6.61 Å². The minimum absolute atomic E-state index is 0.0367. The molecule has 6 heteroatoms. The fraction of sp³-hybridized carbons (Fsp3) is 0.222. The van der Waals surface area contributed by atoms with Crippen molar-refractivity contribution in [2.45, 2.75) is 25.3 Å². The Kier molecular flexibility index (Phi) is 8.31. The van der Waals surface area contributed by atoms with Crippen LogP contribution in [-0.4, -0.2) is 52.8 Å². The van der Waals surface area contributed by atoms with Crippen LogP contribution in [0.5, 0.6) is 5.75 Å². The van der Waals surface area contributed by atoms with Gasteiger partial charge in [-0.05, 0) is 47.7 Å². The highest BCUT2D eigenvalue weighted by Crippen LogP contribution is 2.38. The average Bonchev–Trinajstić information content (AvgIpc) is 3.43. The van der Waals surface area contributed by atoms with Crippen LogP contribution in [-0.2, 0) is 22.4 Å². The number of hydrogen-bond donors (Lipinski definition) is 1. The van der Waals surface area contributed by atoms with Crippen LogP contribution >= 0.6 is 0 Å². The van der Waals surface area contributed by atoms with E-state index in [-0.39, 0.29) is 30.9 Å². The molecule has 1 aliphatic rings. The minimum Gasteiger partial charge on any atom is -0.484 e. The van der Waals surface area contributed by atoms with E-state index in [0.717, 1.165) is 28.8 Å². The summed E-state index contributed by atoms with van der Waals surface area (Å²) in [6, 6.07) is 37.8. The number of benzene rings is 4. The molecule has 0 bridgehead atoms. The van der Waals surface area contributed by atoms with Gasteiger partial charge in [-0.1, -0.05) is 97.1 Å². The van der Waals surface area contributed by atoms with Gasteiger partial charge in [0, 0.05) is 42.7 Å². The predicted octanol–water partition coefficient (Wildman–Crippen LogP) is 6.18. The van der Waals surface area contributed by atoms with E-state index in [4.69, 9.17) is 4.74 Å². The molecule has 0 saturated heterocycles. The summed E-state index contributed by atoms with van der Waals surface area (Å²) in [5.74, 6) is 0.562. The first-order chi connectivity index (χ1) is 20.7. The Morgan fingerprint density at radius 1 is 0.810 bits per heavy atom. The molecule has 2 heterocycles. The molecule has 0 radical (unpaired) electrons. The van der Waals surface area contributed by atoms with Crippen molar-refractivity contribution in [3.8, 4) is 5.75 Å². The number of hydrogen-bond acceptors (Lipinski definition) is 3. The topological polar surface area (TPSA) is 65.6 Å². The fourth-order valence-corrected chi connectivity index (χ4v) is 5.89. The lowest BCUT2D eigenvalue weighted by molar-refractivity contribution is -0.136. The maximum atomic E-state index is 13.9. The Bertz CT molecular complexity index is 1630. The molecule has 5 aromatic rings. The van der Waals surface area contributed by atoms with Gasteiger partial charge in [-0.2, -0.15) is 0 Å². The van der Waals surface area contributed by atoms with E-state index in [1.165, 1.54) is 10.9 Å². The van der Waals surface area contributed by atoms with Gasteiger partial charge in [0.1, 0.15) is 5.75 Å². The highest BCUT2D eigenvalue weighted by molar-refractivity contribution is 5.87. The van der Waals surface area contributed by atoms with Crippen molar-refractivity contribution in [2.24, 2.45) is 0 Å². The fourth-order valence-electron chi connectivity index (χ4n) is 5.89. The molecule has 1 aromatic heterocycles. The highest BCUT2D eigenvalue weighted by Gasteiger charge is 2.34. The molecule has 0 fully saturated rings. The zero-order chi connectivity index (χ0) is 28.7. The molecule has 42 heavy (non-hydrogen) atoms. The smallest absolute Gasteiger partial charge is 0.260 e. The second-order valence-electron chi connectivity index (χ2n) is 10.7. The second kappa shape index (κ2) is 12.8. The molecule has 0 spiro atoms. The third kappa shape index (κ3) is 6.08. The van der Waals surface area contributed by atoms with E-state index in [1.807, 2.05) is 77.7 Å². The molecule has 0 saturated carbocycles. The lowest BCUT2D eigenvalue weighted by Gasteiger charge is -2.37. The summed E-state index contributed by atoms with van der Waals surface area (Å²) in [6.45, 7) is 1.41. The Morgan fingerprint density at radius 2 is 1.48 bits per heavy atom. The second-order valence-corrected chi connectivity index (χ2v) is 10.7. The number of amides is 2. The van der Waals surface area contributed by atoms with E-state index < -0.39 is 0 Å². The lowest BCUT2D eigenvalue weighted by Crippen LogP contribution is -2.43. The van der Waals surface area contributed by atoms with Crippen LogP contribution in [0.1, 0.15) is 34.8 Å². The number of rotatable bonds is 10. The third-order valence-electron chi connectivity index (χ3n) is 8.04. The molecule has 4 aromatic carbocycles. The van der Waals surface area contributed by atoms with Gasteiger partial charge in [-0.25, -0.2) is 0 Å². The number of aromatic nitrogens is 1. The van der Waals surface area contributed by atoms with Crippen LogP contribution in [0.4, 0.5) is 0 Å². The van der Waals surface area contributed by atoms with Crippen molar-refractivity contribution < 1.29 is 14.3 Å². The van der Waals surface area contributed by atoms with Gasteiger partial charge in [0.25, 0.3) is 5.91 Å². The summed E-state index contributed by atoms with van der Waals surface area (Å²) >= 11 is 0. The van der Waals surface area contributed by atoms with E-state index in [9.17, 15) is 9.59 Å². The van der Waals surface area contributed by atoms with Crippen LogP contribution < -0.4 is 4.74 Å². The summed E-state index contributed by atoms with van der Waals surface area (Å²) in [4.78, 5) is 34.7. The summed E-state index contributed by atoms with van der Waals surface area (Å²) in [5.41, 5.74) is 5.68. The number of H-pyrrole nitrogens is 1. The van der Waals surface area contributed by atoms with Crippen molar-refractivity contribution >= 4 is 22.7 Å². The van der Waals surface area contributed by atoms with Crippen LogP contribution in [0, 0.1) is 0 Å². The molecule has 2 amide bonds. The van der Waals surface area contributed by atoms with Gasteiger partial charge in [0.2, 0.25) is 5.91 Å². The van der Waals surface area contributed by atoms with E-state index in [2.05, 4.69) is 47.4 Å². The monoisotopic (exact) mass is 557 g/mol. The quantitative estimate of drug-likeness (QED) is 0.223. The summed E-state index contributed by atoms with van der Waals surface area (Å²) in [6.07, 6.45) is 1.74. The predicted molar refractivity (Wildman–Crippen MR) is 165 cm³/mol. The van der Waals surface area contributed by atoms with Crippen LogP contribution in [0.15, 0.2) is 115 Å². The SMILES string of the molecule is O=C(COc1ccccc1)N(CCC(=O)N1CCc2c([nH]c3ccccc23)C1c1ccccc1)CCc1ccccc1. The van der Waals surface area contributed by atoms with Crippen molar-refractivity contribution in [3.05, 3.63) is 138 Å². The van der Waals surface area contributed by atoms with E-state index in [1.54, 1.807) is 4.90 Å². The normalized spacial score (nSPS) is 14.4. The van der Waals surface area contributed by atoms with Crippen molar-refractivity contribution in [1.82, 2.24) is 14.8 Å². The molecule has 6 nitrogen and oxygen atoms in total. The van der Waals surface area contributed by atoms with Crippen LogP contribution in [0.25, 0.3) is 10.9 Å². The summed E-state index contributed by atoms with van der Waals surface area (Å²) in [7, 11) is 0. The molecular formula is C36H35N3O3. The number of nitrogens with zero attached hydrogens (tertiary/aromatic N) is 2. The number of ether oxygens (including phenoxy) is 1. The molecule has 0 aliphatic carbocycles. The molecule has 1 atom stereocenters. The van der Waals surface area contributed by atoms with Gasteiger partial charge in [-0.3, -0.25) is 9.59 Å². The molecule has 6 rings (SSSR count). The van der Waals surface area contributed by atoms with Gasteiger partial charge in [0.05, 0.1) is 6.04 Å². The Balaban J connectivity index is 1.20. The van der Waals surface area contributed by atoms with Gasteiger partial charge in [-0.15, -0.1) is 0 Å². The summed E-state index contributed by atoms with van der Waals surface area (Å²) < 4.78 is 5.78. The highest BCUT2D eigenvalue weighted by atomic mass is 16.5. The minimum atomic E-state index is -0.204. The van der Waals surface area contributed by atoms with Crippen molar-refractivity contribution in [1.29, 1.82) is 0 Å². The molecule has 212 valence electrons. The Morgan fingerprint density at radius 3 is 2.24 bits per heavy atom. The first-order valence-electron chi connectivity index (χ1n) is 14.6. The number of carbonyl (C=O) groups excluding carboxylic acids is 2. The zero-order valence-corrected chi connectivity index (χ0v) is 23.6. The third-order valence-corrected chi connectivity index (χ3v) is 8.04. The first-order valence-corrected chi connectivity index (χ1v) is 14.6. The zero-order valence-electron chi connectivity index (χ0n) is 23.6. The Hall–Kier alpha value is -4.84. The number of aromatic amines is 1. The molecular weight excluding hydrogens is 522 g/mol. The van der Waals surface area contributed by atoms with E-state index in [0.29, 0.717) is 31.8 Å². The van der Waals surface area contributed by atoms with Crippen LogP contribution in [0.2, 0.25) is 0 Å². The van der Waals surface area contributed by atoms with Crippen LogP contribution in [0.3, 0.4) is 0 Å². The Labute approximate surface area is 246 Å². The molecule has 1 unspecified atom stereocenters. The lowest BCUT2D eigenvalue weighted by atomic mass is 9.92. The van der Waals surface area contributed by atoms with Crippen molar-refractivity contribution in [3.63, 3.8) is 0 Å². The first kappa shape index (κ1) is 27.3. The van der Waals surface area contributed by atoms with Gasteiger partial charge < -0.3 is 19.5 Å². The maximum Gasteiger partial charge on any atom is 0.260 e. The maximum absolute atomic E-state index is 13.9. The van der Waals surface area contributed by atoms with Crippen molar-refractivity contribution in [2.75, 3.05) is 26.2 Å². The van der Waals surface area contributed by atoms with E-state index >= 15 is 0 Å². The number of nitrogens with one attached hydrogen (secondary N) is 1. The number of carbonyl (C=O) groups is 2. The largest absolute Gasteiger partial charge is 0.484 e. The average molecular weight is 558 g/mol. The number of para-hydroxylation sites is 2.